The van der Waals surface area contributed by atoms with E-state index in [0.29, 0.717) is 16.7 Å². The van der Waals surface area contributed by atoms with Gasteiger partial charge in [-0.1, -0.05) is 26.0 Å². The number of nitrogens with zero attached hydrogens (tertiary/aromatic N) is 2. The van der Waals surface area contributed by atoms with Gasteiger partial charge < -0.3 is 14.5 Å². The molecule has 0 N–H and O–H groups in total. The van der Waals surface area contributed by atoms with E-state index in [4.69, 9.17) is 4.74 Å². The van der Waals surface area contributed by atoms with E-state index in [-0.39, 0.29) is 5.41 Å². The van der Waals surface area contributed by atoms with Crippen LogP contribution in [-0.2, 0) is 4.79 Å². The highest BCUT2D eigenvalue weighted by atomic mass is 16.5. The number of amides is 1. The molecule has 0 radical (unpaired) electrons. The molecule has 1 aromatic carbocycles. The average molecular weight is 383 g/mol. The van der Waals surface area contributed by atoms with E-state index in [1.807, 2.05) is 12.1 Å². The number of anilines is 1. The number of rotatable bonds is 3. The highest BCUT2D eigenvalue weighted by Crippen LogP contribution is 2.69. The number of piperazine rings is 1. The highest BCUT2D eigenvalue weighted by molar-refractivity contribution is 5.84. The first-order valence-electron chi connectivity index (χ1n) is 11.0. The maximum atomic E-state index is 13.8. The van der Waals surface area contributed by atoms with Gasteiger partial charge in [-0.25, -0.2) is 0 Å². The fourth-order valence-electron chi connectivity index (χ4n) is 8.06. The molecule has 4 bridgehead atoms. The van der Waals surface area contributed by atoms with Gasteiger partial charge in [0.1, 0.15) is 5.75 Å². The number of ether oxygens (including phenoxy) is 1. The zero-order valence-electron chi connectivity index (χ0n) is 17.7. The number of hydrogen-bond acceptors (Lipinski definition) is 3. The monoisotopic (exact) mass is 382 g/mol. The first kappa shape index (κ1) is 18.3. The number of para-hydroxylation sites is 2. The second kappa shape index (κ2) is 6.14. The summed E-state index contributed by atoms with van der Waals surface area (Å²) in [5.41, 5.74) is 1.86. The third kappa shape index (κ3) is 2.83. The molecule has 28 heavy (non-hydrogen) atoms. The Bertz CT molecular complexity index is 765. The lowest BCUT2D eigenvalue weighted by Gasteiger charge is -2.65. The summed E-state index contributed by atoms with van der Waals surface area (Å²) in [4.78, 5) is 18.3. The van der Waals surface area contributed by atoms with Crippen molar-refractivity contribution in [2.75, 3.05) is 38.2 Å². The summed E-state index contributed by atoms with van der Waals surface area (Å²) in [5.74, 6) is 2.16. The maximum absolute atomic E-state index is 13.8. The Morgan fingerprint density at radius 2 is 1.61 bits per heavy atom. The Morgan fingerprint density at radius 3 is 2.21 bits per heavy atom. The summed E-state index contributed by atoms with van der Waals surface area (Å²) in [6.07, 6.45) is 7.41. The molecule has 1 aliphatic heterocycles. The van der Waals surface area contributed by atoms with Gasteiger partial charge in [0.2, 0.25) is 5.91 Å². The minimum atomic E-state index is -0.0739. The molecule has 5 fully saturated rings. The van der Waals surface area contributed by atoms with Crippen LogP contribution in [0.25, 0.3) is 0 Å². The van der Waals surface area contributed by atoms with Gasteiger partial charge in [0.15, 0.2) is 0 Å². The summed E-state index contributed by atoms with van der Waals surface area (Å²) < 4.78 is 5.54. The van der Waals surface area contributed by atoms with Crippen LogP contribution in [0.1, 0.15) is 52.4 Å². The molecule has 4 saturated carbocycles. The zero-order chi connectivity index (χ0) is 19.6. The first-order chi connectivity index (χ1) is 13.3. The van der Waals surface area contributed by atoms with Crippen LogP contribution in [0.15, 0.2) is 24.3 Å². The molecule has 4 aliphatic carbocycles. The van der Waals surface area contributed by atoms with Crippen molar-refractivity contribution in [3.8, 4) is 5.75 Å². The second-order valence-electron chi connectivity index (χ2n) is 10.9. The molecule has 1 amide bonds. The van der Waals surface area contributed by atoms with Crippen molar-refractivity contribution in [1.29, 1.82) is 0 Å². The van der Waals surface area contributed by atoms with Crippen LogP contribution >= 0.6 is 0 Å². The quantitative estimate of drug-likeness (QED) is 0.780. The molecule has 1 heterocycles. The molecule has 2 atom stereocenters. The number of methoxy groups -OCH3 is 1. The molecule has 4 heteroatoms. The lowest BCUT2D eigenvalue weighted by atomic mass is 9.40. The lowest BCUT2D eigenvalue weighted by Crippen LogP contribution is -2.62. The van der Waals surface area contributed by atoms with E-state index < -0.39 is 0 Å². The predicted octanol–water partition coefficient (Wildman–Crippen LogP) is 4.34. The SMILES string of the molecule is COc1ccccc1N1CCN(C(=O)C23CC4CC(C)(CC(C)(C4)C2)C3)CC1. The van der Waals surface area contributed by atoms with E-state index in [1.54, 1.807) is 7.11 Å². The molecule has 6 rings (SSSR count). The van der Waals surface area contributed by atoms with Crippen LogP contribution in [0.5, 0.6) is 5.75 Å². The summed E-state index contributed by atoms with van der Waals surface area (Å²) in [6.45, 7) is 8.35. The molecule has 1 aromatic rings. The molecule has 4 nitrogen and oxygen atoms in total. The van der Waals surface area contributed by atoms with Crippen molar-refractivity contribution in [2.24, 2.45) is 22.2 Å². The molecule has 0 spiro atoms. The van der Waals surface area contributed by atoms with Gasteiger partial charge in [-0.05, 0) is 67.4 Å². The zero-order valence-corrected chi connectivity index (χ0v) is 17.7. The minimum Gasteiger partial charge on any atom is -0.495 e. The number of benzene rings is 1. The Morgan fingerprint density at radius 1 is 0.964 bits per heavy atom. The Hall–Kier alpha value is -1.71. The van der Waals surface area contributed by atoms with Crippen molar-refractivity contribution in [1.82, 2.24) is 4.90 Å². The third-order valence-electron chi connectivity index (χ3n) is 8.07. The van der Waals surface area contributed by atoms with Crippen molar-refractivity contribution in [3.05, 3.63) is 24.3 Å². The molecule has 5 aliphatic rings. The minimum absolute atomic E-state index is 0.0739. The predicted molar refractivity (Wildman–Crippen MR) is 112 cm³/mol. The van der Waals surface area contributed by atoms with Gasteiger partial charge >= 0.3 is 0 Å². The first-order valence-corrected chi connectivity index (χ1v) is 11.0. The molecule has 0 aromatic heterocycles. The van der Waals surface area contributed by atoms with Crippen LogP contribution in [0, 0.1) is 22.2 Å². The standard InChI is InChI=1S/C24H34N2O2/c1-22-12-18-13-23(2,15-22)17-24(14-18,16-22)21(27)26-10-8-25(9-11-26)19-6-4-5-7-20(19)28-3/h4-7,18H,8-17H2,1-3H3. The van der Waals surface area contributed by atoms with Gasteiger partial charge in [-0.15, -0.1) is 0 Å². The lowest BCUT2D eigenvalue weighted by molar-refractivity contribution is -0.179. The number of carbonyl (C=O) groups is 1. The Balaban J connectivity index is 1.31. The second-order valence-corrected chi connectivity index (χ2v) is 10.9. The van der Waals surface area contributed by atoms with Crippen molar-refractivity contribution in [3.63, 3.8) is 0 Å². The third-order valence-corrected chi connectivity index (χ3v) is 8.07. The average Bonchev–Trinajstić information content (AvgIpc) is 2.64. The van der Waals surface area contributed by atoms with E-state index in [0.717, 1.165) is 62.8 Å². The van der Waals surface area contributed by atoms with Crippen LogP contribution in [0.4, 0.5) is 5.69 Å². The van der Waals surface area contributed by atoms with E-state index in [9.17, 15) is 4.79 Å². The largest absolute Gasteiger partial charge is 0.495 e. The van der Waals surface area contributed by atoms with E-state index >= 15 is 0 Å². The molecule has 2 unspecified atom stereocenters. The summed E-state index contributed by atoms with van der Waals surface area (Å²) in [7, 11) is 1.73. The van der Waals surface area contributed by atoms with Gasteiger partial charge in [0.05, 0.1) is 18.2 Å². The smallest absolute Gasteiger partial charge is 0.228 e. The van der Waals surface area contributed by atoms with Gasteiger partial charge in [0.25, 0.3) is 0 Å². The van der Waals surface area contributed by atoms with Crippen molar-refractivity contribution in [2.45, 2.75) is 52.4 Å². The number of hydrogen-bond donors (Lipinski definition) is 0. The molecule has 152 valence electrons. The van der Waals surface area contributed by atoms with Crippen molar-refractivity contribution < 1.29 is 9.53 Å². The highest BCUT2D eigenvalue weighted by Gasteiger charge is 2.63. The maximum Gasteiger partial charge on any atom is 0.228 e. The fourth-order valence-corrected chi connectivity index (χ4v) is 8.06. The van der Waals surface area contributed by atoms with Gasteiger partial charge in [-0.3, -0.25) is 4.79 Å². The topological polar surface area (TPSA) is 32.8 Å². The van der Waals surface area contributed by atoms with E-state index in [2.05, 4.69) is 35.8 Å². The Labute approximate surface area is 169 Å². The normalized spacial score (nSPS) is 39.3. The fraction of sp³-hybridized carbons (Fsp3) is 0.708. The summed E-state index contributed by atoms with van der Waals surface area (Å²) in [5, 5.41) is 0. The van der Waals surface area contributed by atoms with Crippen molar-refractivity contribution >= 4 is 11.6 Å². The van der Waals surface area contributed by atoms with Crippen LogP contribution in [0.3, 0.4) is 0 Å². The Kier molecular flexibility index (Phi) is 4.02. The molecular weight excluding hydrogens is 348 g/mol. The van der Waals surface area contributed by atoms with Gasteiger partial charge in [-0.2, -0.15) is 0 Å². The molecular formula is C24H34N2O2. The van der Waals surface area contributed by atoms with Crippen LogP contribution < -0.4 is 9.64 Å². The summed E-state index contributed by atoms with van der Waals surface area (Å²) >= 11 is 0. The summed E-state index contributed by atoms with van der Waals surface area (Å²) in [6, 6.07) is 8.21. The van der Waals surface area contributed by atoms with Crippen LogP contribution in [0.2, 0.25) is 0 Å². The van der Waals surface area contributed by atoms with Crippen LogP contribution in [-0.4, -0.2) is 44.1 Å². The van der Waals surface area contributed by atoms with Gasteiger partial charge in [0, 0.05) is 26.2 Å². The van der Waals surface area contributed by atoms with E-state index in [1.165, 1.54) is 19.3 Å². The number of carbonyl (C=O) groups excluding carboxylic acids is 1. The molecule has 1 saturated heterocycles.